The van der Waals surface area contributed by atoms with E-state index in [9.17, 15) is 14.0 Å². The minimum absolute atomic E-state index is 0.177. The molecule has 172 valence electrons. The zero-order chi connectivity index (χ0) is 24.1. The maximum Gasteiger partial charge on any atom is 0.255 e. The van der Waals surface area contributed by atoms with E-state index >= 15 is 0 Å². The number of carbonyl (C=O) groups excluding carboxylic acids is 2. The van der Waals surface area contributed by atoms with Crippen molar-refractivity contribution in [3.63, 3.8) is 0 Å². The number of amides is 2. The summed E-state index contributed by atoms with van der Waals surface area (Å²) in [7, 11) is 0. The fourth-order valence-electron chi connectivity index (χ4n) is 3.00. The van der Waals surface area contributed by atoms with Crippen LogP contribution in [0.25, 0.3) is 11.3 Å². The summed E-state index contributed by atoms with van der Waals surface area (Å²) in [6, 6.07) is 20.0. The number of thioether (sulfide) groups is 1. The molecule has 0 radical (unpaired) electrons. The Labute approximate surface area is 209 Å². The molecule has 0 bridgehead atoms. The van der Waals surface area contributed by atoms with Gasteiger partial charge < -0.3 is 10.6 Å². The lowest BCUT2D eigenvalue weighted by atomic mass is 10.2. The fourth-order valence-corrected chi connectivity index (χ4v) is 4.78. The number of rotatable bonds is 7. The molecule has 9 heteroatoms. The first-order valence-corrected chi connectivity index (χ1v) is 12.4. The van der Waals surface area contributed by atoms with Crippen molar-refractivity contribution < 1.29 is 14.0 Å². The lowest BCUT2D eigenvalue weighted by molar-refractivity contribution is -0.115. The summed E-state index contributed by atoms with van der Waals surface area (Å²) in [5.41, 5.74) is 2.57. The first-order chi connectivity index (χ1) is 16.4. The van der Waals surface area contributed by atoms with Crippen molar-refractivity contribution in [1.29, 1.82) is 0 Å². The van der Waals surface area contributed by atoms with Crippen molar-refractivity contribution in [3.8, 4) is 11.3 Å². The molecule has 5 nitrogen and oxygen atoms in total. The number of halogens is 2. The predicted molar refractivity (Wildman–Crippen MR) is 137 cm³/mol. The van der Waals surface area contributed by atoms with E-state index in [0.29, 0.717) is 27.1 Å². The van der Waals surface area contributed by atoms with Crippen molar-refractivity contribution >= 4 is 57.3 Å². The molecule has 4 rings (SSSR count). The van der Waals surface area contributed by atoms with E-state index in [0.717, 1.165) is 10.5 Å². The topological polar surface area (TPSA) is 71.1 Å². The molecular weight excluding hydrogens is 493 g/mol. The molecule has 2 amide bonds. The number of hydrogen-bond donors (Lipinski definition) is 2. The van der Waals surface area contributed by atoms with Crippen molar-refractivity contribution in [1.82, 2.24) is 4.98 Å². The third kappa shape index (κ3) is 6.22. The highest BCUT2D eigenvalue weighted by Crippen LogP contribution is 2.28. The molecule has 3 aromatic carbocycles. The summed E-state index contributed by atoms with van der Waals surface area (Å²) >= 11 is 8.65. The number of anilines is 2. The highest BCUT2D eigenvalue weighted by Gasteiger charge is 2.17. The molecule has 34 heavy (non-hydrogen) atoms. The Morgan fingerprint density at radius 2 is 1.76 bits per heavy atom. The summed E-state index contributed by atoms with van der Waals surface area (Å²) in [5, 5.41) is 8.08. The van der Waals surface area contributed by atoms with Gasteiger partial charge in [0.05, 0.1) is 10.9 Å². The monoisotopic (exact) mass is 511 g/mol. The van der Waals surface area contributed by atoms with Gasteiger partial charge in [-0.3, -0.25) is 9.59 Å². The smallest absolute Gasteiger partial charge is 0.255 e. The molecule has 0 aliphatic carbocycles. The van der Waals surface area contributed by atoms with E-state index in [4.69, 9.17) is 11.6 Å². The molecule has 1 atom stereocenters. The first-order valence-electron chi connectivity index (χ1n) is 10.2. The summed E-state index contributed by atoms with van der Waals surface area (Å²) in [6.45, 7) is 1.81. The Bertz CT molecular complexity index is 1310. The van der Waals surface area contributed by atoms with E-state index in [1.807, 2.05) is 24.4 Å². The van der Waals surface area contributed by atoms with Gasteiger partial charge in [0.2, 0.25) is 5.91 Å². The molecule has 1 aromatic heterocycles. The predicted octanol–water partition coefficient (Wildman–Crippen LogP) is 6.97. The minimum atomic E-state index is -0.370. The molecule has 2 N–H and O–H groups in total. The lowest BCUT2D eigenvalue weighted by Crippen LogP contribution is -2.22. The lowest BCUT2D eigenvalue weighted by Gasteiger charge is -2.11. The molecule has 0 saturated heterocycles. The van der Waals surface area contributed by atoms with Gasteiger partial charge in [0.25, 0.3) is 5.91 Å². The SMILES string of the molecule is CC(Sc1ccc(NC(=O)c2cccc(Cl)c2)cc1)C(=O)Nc1nc(-c2ccc(F)cc2)cs1. The van der Waals surface area contributed by atoms with Gasteiger partial charge in [-0.15, -0.1) is 23.1 Å². The van der Waals surface area contributed by atoms with Crippen LogP contribution in [0.2, 0.25) is 5.02 Å². The van der Waals surface area contributed by atoms with E-state index in [1.165, 1.54) is 35.2 Å². The number of carbonyl (C=O) groups is 2. The van der Waals surface area contributed by atoms with E-state index in [1.54, 1.807) is 48.5 Å². The number of aromatic nitrogens is 1. The van der Waals surface area contributed by atoms with Gasteiger partial charge in [0.15, 0.2) is 5.13 Å². The highest BCUT2D eigenvalue weighted by molar-refractivity contribution is 8.00. The third-order valence-corrected chi connectivity index (χ3v) is 6.86. The Morgan fingerprint density at radius 3 is 2.47 bits per heavy atom. The Hall–Kier alpha value is -3.20. The molecule has 0 spiro atoms. The van der Waals surface area contributed by atoms with Crippen molar-refractivity contribution in [3.05, 3.63) is 94.6 Å². The quantitative estimate of drug-likeness (QED) is 0.263. The van der Waals surface area contributed by atoms with Gasteiger partial charge in [-0.05, 0) is 73.7 Å². The van der Waals surface area contributed by atoms with Gasteiger partial charge in [0, 0.05) is 32.1 Å². The Kier molecular flexibility index (Phi) is 7.62. The Morgan fingerprint density at radius 1 is 1.03 bits per heavy atom. The second-order valence-electron chi connectivity index (χ2n) is 7.28. The minimum Gasteiger partial charge on any atom is -0.322 e. The van der Waals surface area contributed by atoms with Crippen molar-refractivity contribution in [2.45, 2.75) is 17.1 Å². The van der Waals surface area contributed by atoms with E-state index < -0.39 is 0 Å². The summed E-state index contributed by atoms with van der Waals surface area (Å²) in [4.78, 5) is 30.3. The molecular formula is C25H19ClFN3O2S2. The highest BCUT2D eigenvalue weighted by atomic mass is 35.5. The third-order valence-electron chi connectivity index (χ3n) is 4.76. The number of benzene rings is 3. The van der Waals surface area contributed by atoms with Gasteiger partial charge in [0.1, 0.15) is 5.82 Å². The van der Waals surface area contributed by atoms with Crippen LogP contribution in [-0.4, -0.2) is 22.0 Å². The average molecular weight is 512 g/mol. The maximum absolute atomic E-state index is 13.1. The first kappa shape index (κ1) is 23.9. The van der Waals surface area contributed by atoms with Crippen LogP contribution in [0.3, 0.4) is 0 Å². The molecule has 0 saturated carbocycles. The summed E-state index contributed by atoms with van der Waals surface area (Å²) in [6.07, 6.45) is 0. The second-order valence-corrected chi connectivity index (χ2v) is 9.99. The van der Waals surface area contributed by atoms with E-state index in [2.05, 4.69) is 15.6 Å². The van der Waals surface area contributed by atoms with Crippen LogP contribution in [0.4, 0.5) is 15.2 Å². The van der Waals surface area contributed by atoms with Gasteiger partial charge in [-0.25, -0.2) is 9.37 Å². The van der Waals surface area contributed by atoms with Crippen LogP contribution in [0.5, 0.6) is 0 Å². The molecule has 0 aliphatic heterocycles. The Balaban J connectivity index is 1.32. The molecule has 1 unspecified atom stereocenters. The largest absolute Gasteiger partial charge is 0.322 e. The van der Waals surface area contributed by atoms with Crippen molar-refractivity contribution in [2.24, 2.45) is 0 Å². The number of hydrogen-bond acceptors (Lipinski definition) is 5. The number of thiazole rings is 1. The van der Waals surface area contributed by atoms with Gasteiger partial charge in [-0.1, -0.05) is 17.7 Å². The average Bonchev–Trinajstić information content (AvgIpc) is 3.29. The van der Waals surface area contributed by atoms with Crippen molar-refractivity contribution in [2.75, 3.05) is 10.6 Å². The van der Waals surface area contributed by atoms with Crippen LogP contribution in [0.1, 0.15) is 17.3 Å². The second kappa shape index (κ2) is 10.8. The van der Waals surface area contributed by atoms with Crippen LogP contribution in [-0.2, 0) is 4.79 Å². The summed E-state index contributed by atoms with van der Waals surface area (Å²) < 4.78 is 13.1. The molecule has 4 aromatic rings. The normalized spacial score (nSPS) is 11.6. The van der Waals surface area contributed by atoms with Gasteiger partial charge in [-0.2, -0.15) is 0 Å². The molecule has 0 fully saturated rings. The maximum atomic E-state index is 13.1. The fraction of sp³-hybridized carbons (Fsp3) is 0.0800. The zero-order valence-corrected chi connectivity index (χ0v) is 20.3. The molecule has 1 heterocycles. The van der Waals surface area contributed by atoms with Crippen LogP contribution < -0.4 is 10.6 Å². The van der Waals surface area contributed by atoms with E-state index in [-0.39, 0.29) is 22.9 Å². The van der Waals surface area contributed by atoms with Crippen LogP contribution in [0, 0.1) is 5.82 Å². The van der Waals surface area contributed by atoms with Crippen LogP contribution in [0.15, 0.2) is 83.1 Å². The zero-order valence-electron chi connectivity index (χ0n) is 17.9. The number of nitrogens with one attached hydrogen (secondary N) is 2. The number of nitrogens with zero attached hydrogens (tertiary/aromatic N) is 1. The van der Waals surface area contributed by atoms with Crippen LogP contribution >= 0.6 is 34.7 Å². The standard InChI is InChI=1S/C25H19ClFN3O2S2/c1-15(23(31)30-25-29-22(14-33-25)16-5-7-19(27)8-6-16)34-21-11-9-20(10-12-21)28-24(32)17-3-2-4-18(26)13-17/h2-15H,1H3,(H,28,32)(H,29,30,31). The van der Waals surface area contributed by atoms with Gasteiger partial charge >= 0.3 is 0 Å². The molecule has 0 aliphatic rings. The summed E-state index contributed by atoms with van der Waals surface area (Å²) in [5.74, 6) is -0.739.